The zero-order chi connectivity index (χ0) is 22.5. The van der Waals surface area contributed by atoms with Crippen molar-refractivity contribution in [3.63, 3.8) is 0 Å². The van der Waals surface area contributed by atoms with Crippen molar-refractivity contribution in [3.8, 4) is 0 Å². The Morgan fingerprint density at radius 2 is 1.74 bits per heavy atom. The van der Waals surface area contributed by atoms with E-state index in [1.165, 1.54) is 18.2 Å². The van der Waals surface area contributed by atoms with E-state index in [-0.39, 0.29) is 17.2 Å². The molecule has 3 aromatic rings. The Bertz CT molecular complexity index is 1190. The van der Waals surface area contributed by atoms with E-state index in [1.807, 2.05) is 0 Å². The van der Waals surface area contributed by atoms with Crippen molar-refractivity contribution in [1.82, 2.24) is 15.4 Å². The minimum atomic E-state index is -0.875. The van der Waals surface area contributed by atoms with Crippen LogP contribution in [0.25, 0.3) is 0 Å². The number of nitro groups is 2. The smallest absolute Gasteiger partial charge is 0.334 e. The summed E-state index contributed by atoms with van der Waals surface area (Å²) in [5.41, 5.74) is 4.57. The van der Waals surface area contributed by atoms with Crippen molar-refractivity contribution in [1.29, 1.82) is 0 Å². The predicted octanol–water partition coefficient (Wildman–Crippen LogP) is 3.76. The second kappa shape index (κ2) is 9.00. The van der Waals surface area contributed by atoms with Gasteiger partial charge in [-0.1, -0.05) is 29.8 Å². The van der Waals surface area contributed by atoms with Crippen molar-refractivity contribution in [2.75, 3.05) is 10.7 Å². The second-order valence-electron chi connectivity index (χ2n) is 6.12. The maximum absolute atomic E-state index is 12.3. The van der Waals surface area contributed by atoms with Crippen LogP contribution in [0.4, 0.5) is 28.7 Å². The number of aryl methyl sites for hydroxylation is 1. The maximum atomic E-state index is 12.3. The highest BCUT2D eigenvalue weighted by molar-refractivity contribution is 6.31. The standard InChI is InChI=1S/C18H14ClN7O5/c1-10-6-7-11(8-13(10)19)22-16-15(26(30)31)17(21-9-20-16)23-24-18(27)12-4-2-3-5-14(12)25(28)29/h2-9H,1H3,(H,24,27)(H2,20,21,22,23). The normalized spacial score (nSPS) is 10.3. The number of anilines is 3. The summed E-state index contributed by atoms with van der Waals surface area (Å²) in [6, 6.07) is 10.2. The number of nitrogens with zero attached hydrogens (tertiary/aromatic N) is 4. The molecule has 0 aliphatic rings. The van der Waals surface area contributed by atoms with E-state index in [2.05, 4.69) is 26.1 Å². The number of carbonyl (C=O) groups is 1. The minimum Gasteiger partial charge on any atom is -0.334 e. The molecule has 3 N–H and O–H groups in total. The Labute approximate surface area is 179 Å². The lowest BCUT2D eigenvalue weighted by molar-refractivity contribution is -0.385. The predicted molar refractivity (Wildman–Crippen MR) is 112 cm³/mol. The number of nitrogens with one attached hydrogen (secondary N) is 3. The number of aromatic nitrogens is 2. The van der Waals surface area contributed by atoms with Crippen molar-refractivity contribution >= 4 is 46.2 Å². The fourth-order valence-electron chi connectivity index (χ4n) is 2.55. The summed E-state index contributed by atoms with van der Waals surface area (Å²) in [4.78, 5) is 41.3. The summed E-state index contributed by atoms with van der Waals surface area (Å²) in [6.45, 7) is 1.81. The van der Waals surface area contributed by atoms with Gasteiger partial charge in [0.1, 0.15) is 11.9 Å². The number of benzene rings is 2. The van der Waals surface area contributed by atoms with Gasteiger partial charge in [0.2, 0.25) is 11.6 Å². The van der Waals surface area contributed by atoms with Gasteiger partial charge in [-0.15, -0.1) is 0 Å². The van der Waals surface area contributed by atoms with Gasteiger partial charge in [-0.25, -0.2) is 9.97 Å². The SMILES string of the molecule is Cc1ccc(Nc2ncnc(NNC(=O)c3ccccc3[N+](=O)[O-])c2[N+](=O)[O-])cc1Cl. The quantitative estimate of drug-likeness (QED) is 0.364. The lowest BCUT2D eigenvalue weighted by atomic mass is 10.2. The topological polar surface area (TPSA) is 165 Å². The number of amides is 1. The molecule has 0 unspecified atom stereocenters. The third-order valence-electron chi connectivity index (χ3n) is 4.08. The monoisotopic (exact) mass is 443 g/mol. The molecular weight excluding hydrogens is 430 g/mol. The zero-order valence-electron chi connectivity index (χ0n) is 15.8. The molecule has 0 radical (unpaired) electrons. The van der Waals surface area contributed by atoms with Crippen molar-refractivity contribution in [3.05, 3.63) is 85.2 Å². The summed E-state index contributed by atoms with van der Waals surface area (Å²) in [6.07, 6.45) is 1.05. The summed E-state index contributed by atoms with van der Waals surface area (Å²) in [5, 5.41) is 26.0. The van der Waals surface area contributed by atoms with Crippen LogP contribution in [0.3, 0.4) is 0 Å². The molecule has 158 valence electrons. The molecule has 13 heteroatoms. The van der Waals surface area contributed by atoms with Crippen LogP contribution in [-0.2, 0) is 0 Å². The molecule has 1 amide bonds. The Morgan fingerprint density at radius 3 is 2.42 bits per heavy atom. The molecule has 0 fully saturated rings. The van der Waals surface area contributed by atoms with Crippen LogP contribution >= 0.6 is 11.6 Å². The molecule has 1 aromatic heterocycles. The van der Waals surface area contributed by atoms with E-state index in [1.54, 1.807) is 25.1 Å². The minimum absolute atomic E-state index is 0.151. The molecule has 0 saturated heterocycles. The van der Waals surface area contributed by atoms with Gasteiger partial charge in [-0.2, -0.15) is 0 Å². The molecule has 0 aliphatic carbocycles. The van der Waals surface area contributed by atoms with Crippen molar-refractivity contribution in [2.24, 2.45) is 0 Å². The molecule has 0 spiro atoms. The largest absolute Gasteiger partial charge is 0.355 e. The van der Waals surface area contributed by atoms with Gasteiger partial charge in [-0.05, 0) is 30.7 Å². The molecule has 1 heterocycles. The van der Waals surface area contributed by atoms with Crippen LogP contribution in [0.2, 0.25) is 5.02 Å². The first-order chi connectivity index (χ1) is 14.8. The average Bonchev–Trinajstić information content (AvgIpc) is 2.74. The molecule has 0 aliphatic heterocycles. The average molecular weight is 444 g/mol. The first-order valence-corrected chi connectivity index (χ1v) is 8.98. The highest BCUT2D eigenvalue weighted by Gasteiger charge is 2.25. The number of hydrazine groups is 1. The first-order valence-electron chi connectivity index (χ1n) is 8.60. The van der Waals surface area contributed by atoms with Crippen LogP contribution in [0, 0.1) is 27.2 Å². The lowest BCUT2D eigenvalue weighted by Crippen LogP contribution is -2.30. The number of para-hydroxylation sites is 1. The Kier molecular flexibility index (Phi) is 6.21. The highest BCUT2D eigenvalue weighted by atomic mass is 35.5. The van der Waals surface area contributed by atoms with E-state index in [9.17, 15) is 25.0 Å². The molecule has 2 aromatic carbocycles. The first kappa shape index (κ1) is 21.4. The second-order valence-corrected chi connectivity index (χ2v) is 6.53. The summed E-state index contributed by atoms with van der Waals surface area (Å²) in [7, 11) is 0. The molecule has 0 bridgehead atoms. The number of halogens is 1. The van der Waals surface area contributed by atoms with Crippen LogP contribution in [-0.4, -0.2) is 25.7 Å². The van der Waals surface area contributed by atoms with Gasteiger partial charge < -0.3 is 5.32 Å². The third-order valence-corrected chi connectivity index (χ3v) is 4.49. The number of carbonyl (C=O) groups excluding carboxylic acids is 1. The van der Waals surface area contributed by atoms with Crippen molar-refractivity contribution in [2.45, 2.75) is 6.92 Å². The van der Waals surface area contributed by atoms with E-state index < -0.39 is 27.1 Å². The molecule has 0 saturated carbocycles. The summed E-state index contributed by atoms with van der Waals surface area (Å²) in [5.74, 6) is -1.35. The summed E-state index contributed by atoms with van der Waals surface area (Å²) >= 11 is 6.08. The molecule has 12 nitrogen and oxygen atoms in total. The Hall–Kier alpha value is -4.32. The highest BCUT2D eigenvalue weighted by Crippen LogP contribution is 2.32. The Morgan fingerprint density at radius 1 is 1.03 bits per heavy atom. The molecular formula is C18H14ClN7O5. The lowest BCUT2D eigenvalue weighted by Gasteiger charge is -2.11. The van der Waals surface area contributed by atoms with Gasteiger partial charge >= 0.3 is 5.69 Å². The zero-order valence-corrected chi connectivity index (χ0v) is 16.6. The number of rotatable bonds is 7. The fraction of sp³-hybridized carbons (Fsp3) is 0.0556. The maximum Gasteiger partial charge on any atom is 0.355 e. The summed E-state index contributed by atoms with van der Waals surface area (Å²) < 4.78 is 0. The van der Waals surface area contributed by atoms with Crippen LogP contribution < -0.4 is 16.2 Å². The van der Waals surface area contributed by atoms with Crippen LogP contribution in [0.5, 0.6) is 0 Å². The van der Waals surface area contributed by atoms with Gasteiger partial charge in [-0.3, -0.25) is 35.9 Å². The molecule has 3 rings (SSSR count). The van der Waals surface area contributed by atoms with Gasteiger partial charge in [0.15, 0.2) is 0 Å². The third kappa shape index (κ3) is 4.82. The van der Waals surface area contributed by atoms with Gasteiger partial charge in [0.05, 0.1) is 9.85 Å². The Balaban J connectivity index is 1.86. The van der Waals surface area contributed by atoms with E-state index in [0.29, 0.717) is 10.7 Å². The van der Waals surface area contributed by atoms with Crippen LogP contribution in [0.15, 0.2) is 48.8 Å². The van der Waals surface area contributed by atoms with Crippen LogP contribution in [0.1, 0.15) is 15.9 Å². The number of hydrogen-bond acceptors (Lipinski definition) is 9. The van der Waals surface area contributed by atoms with Gasteiger partial charge in [0.25, 0.3) is 11.6 Å². The van der Waals surface area contributed by atoms with Gasteiger partial charge in [0, 0.05) is 16.8 Å². The number of nitro benzene ring substituents is 1. The van der Waals surface area contributed by atoms with Crippen molar-refractivity contribution < 1.29 is 14.6 Å². The van der Waals surface area contributed by atoms with E-state index in [0.717, 1.165) is 18.0 Å². The number of hydrogen-bond donors (Lipinski definition) is 3. The molecule has 0 atom stereocenters. The fourth-order valence-corrected chi connectivity index (χ4v) is 2.73. The van der Waals surface area contributed by atoms with E-state index in [4.69, 9.17) is 11.6 Å². The van der Waals surface area contributed by atoms with E-state index >= 15 is 0 Å². The molecule has 31 heavy (non-hydrogen) atoms.